The van der Waals surface area contributed by atoms with Gasteiger partial charge >= 0.3 is 5.97 Å². The van der Waals surface area contributed by atoms with Crippen LogP contribution in [0.2, 0.25) is 0 Å². The molecule has 6 heteroatoms. The lowest BCUT2D eigenvalue weighted by Crippen LogP contribution is -2.05. The fraction of sp³-hybridized carbons (Fsp3) is 0.118. The van der Waals surface area contributed by atoms with Crippen LogP contribution in [0.3, 0.4) is 0 Å². The summed E-state index contributed by atoms with van der Waals surface area (Å²) in [5.41, 5.74) is 3.30. The fourth-order valence-corrected chi connectivity index (χ4v) is 2.33. The van der Waals surface area contributed by atoms with Crippen LogP contribution in [0, 0.1) is 12.7 Å². The van der Waals surface area contributed by atoms with Gasteiger partial charge in [-0.2, -0.15) is 0 Å². The second kappa shape index (κ2) is 6.00. The molecule has 0 radical (unpaired) electrons. The van der Waals surface area contributed by atoms with Gasteiger partial charge < -0.3 is 5.11 Å². The molecule has 1 heterocycles. The molecule has 0 atom stereocenters. The number of aromatic nitrogens is 3. The molecule has 3 aromatic rings. The highest BCUT2D eigenvalue weighted by Gasteiger charge is 2.10. The quantitative estimate of drug-likeness (QED) is 0.803. The molecular formula is C17H14FN3O2. The number of carbonyl (C=O) groups is 1. The second-order valence-corrected chi connectivity index (χ2v) is 5.24. The van der Waals surface area contributed by atoms with Gasteiger partial charge in [-0.05, 0) is 48.4 Å². The number of halogens is 1. The standard InChI is InChI=1S/C17H14FN3O2/c1-11-8-14(6-7-15(11)18)16-9-19-20-21(16)10-12-2-4-13(5-3-12)17(22)23/h2-9H,10H2,1H3,(H,22,23). The Balaban J connectivity index is 1.88. The molecule has 5 nitrogen and oxygen atoms in total. The van der Waals surface area contributed by atoms with Crippen LogP contribution < -0.4 is 0 Å². The summed E-state index contributed by atoms with van der Waals surface area (Å²) < 4.78 is 15.1. The molecule has 0 aliphatic rings. The fourth-order valence-electron chi connectivity index (χ4n) is 2.33. The maximum absolute atomic E-state index is 13.4. The zero-order chi connectivity index (χ0) is 16.4. The van der Waals surface area contributed by atoms with Crippen molar-refractivity contribution in [2.45, 2.75) is 13.5 Å². The van der Waals surface area contributed by atoms with Crippen molar-refractivity contribution in [1.29, 1.82) is 0 Å². The van der Waals surface area contributed by atoms with Crippen LogP contribution in [-0.4, -0.2) is 26.1 Å². The molecule has 23 heavy (non-hydrogen) atoms. The normalized spacial score (nSPS) is 10.7. The third-order valence-corrected chi connectivity index (χ3v) is 3.60. The van der Waals surface area contributed by atoms with Crippen LogP contribution in [0.5, 0.6) is 0 Å². The number of rotatable bonds is 4. The molecule has 0 aliphatic carbocycles. The van der Waals surface area contributed by atoms with E-state index >= 15 is 0 Å². The summed E-state index contributed by atoms with van der Waals surface area (Å²) in [6, 6.07) is 11.4. The van der Waals surface area contributed by atoms with Crippen molar-refractivity contribution in [3.05, 3.63) is 71.2 Å². The Bertz CT molecular complexity index is 857. The first kappa shape index (κ1) is 14.9. The molecule has 116 valence electrons. The average molecular weight is 311 g/mol. The molecule has 0 aliphatic heterocycles. The van der Waals surface area contributed by atoms with Crippen molar-refractivity contribution >= 4 is 5.97 Å². The highest BCUT2D eigenvalue weighted by Crippen LogP contribution is 2.21. The molecule has 2 aromatic carbocycles. The van der Waals surface area contributed by atoms with E-state index in [-0.39, 0.29) is 11.4 Å². The Labute approximate surface area is 132 Å². The Morgan fingerprint density at radius 2 is 1.96 bits per heavy atom. The number of aryl methyl sites for hydroxylation is 1. The van der Waals surface area contributed by atoms with E-state index < -0.39 is 5.97 Å². The highest BCUT2D eigenvalue weighted by molar-refractivity contribution is 5.87. The van der Waals surface area contributed by atoms with Crippen molar-refractivity contribution in [2.24, 2.45) is 0 Å². The molecule has 1 N–H and O–H groups in total. The molecule has 3 rings (SSSR count). The summed E-state index contributed by atoms with van der Waals surface area (Å²) in [4.78, 5) is 10.9. The van der Waals surface area contributed by atoms with Crippen molar-refractivity contribution in [3.63, 3.8) is 0 Å². The summed E-state index contributed by atoms with van der Waals surface area (Å²) in [6.45, 7) is 2.16. The Morgan fingerprint density at radius 1 is 1.22 bits per heavy atom. The van der Waals surface area contributed by atoms with E-state index in [1.807, 2.05) is 0 Å². The van der Waals surface area contributed by atoms with Crippen molar-refractivity contribution in [2.75, 3.05) is 0 Å². The van der Waals surface area contributed by atoms with Crippen LogP contribution in [-0.2, 0) is 6.54 Å². The van der Waals surface area contributed by atoms with Crippen LogP contribution in [0.4, 0.5) is 4.39 Å². The topological polar surface area (TPSA) is 68.0 Å². The predicted octanol–water partition coefficient (Wildman–Crippen LogP) is 3.14. The third-order valence-electron chi connectivity index (χ3n) is 3.60. The van der Waals surface area contributed by atoms with Gasteiger partial charge in [0.2, 0.25) is 0 Å². The minimum atomic E-state index is -0.959. The van der Waals surface area contributed by atoms with E-state index in [1.54, 1.807) is 54.2 Å². The van der Waals surface area contributed by atoms with Crippen LogP contribution in [0.1, 0.15) is 21.5 Å². The van der Waals surface area contributed by atoms with Gasteiger partial charge in [-0.25, -0.2) is 13.9 Å². The van der Waals surface area contributed by atoms with E-state index in [9.17, 15) is 9.18 Å². The lowest BCUT2D eigenvalue weighted by Gasteiger charge is -2.08. The smallest absolute Gasteiger partial charge is 0.335 e. The predicted molar refractivity (Wildman–Crippen MR) is 82.7 cm³/mol. The van der Waals surface area contributed by atoms with Gasteiger partial charge in [0.1, 0.15) is 5.82 Å². The van der Waals surface area contributed by atoms with Gasteiger partial charge in [0, 0.05) is 5.56 Å². The molecular weight excluding hydrogens is 297 g/mol. The second-order valence-electron chi connectivity index (χ2n) is 5.24. The van der Waals surface area contributed by atoms with Crippen molar-refractivity contribution in [1.82, 2.24) is 15.0 Å². The zero-order valence-corrected chi connectivity index (χ0v) is 12.4. The average Bonchev–Trinajstić information content (AvgIpc) is 2.99. The highest BCUT2D eigenvalue weighted by atomic mass is 19.1. The minimum Gasteiger partial charge on any atom is -0.478 e. The van der Waals surface area contributed by atoms with E-state index in [4.69, 9.17) is 5.11 Å². The molecule has 0 spiro atoms. The molecule has 0 unspecified atom stereocenters. The summed E-state index contributed by atoms with van der Waals surface area (Å²) in [5, 5.41) is 16.9. The minimum absolute atomic E-state index is 0.238. The van der Waals surface area contributed by atoms with Gasteiger partial charge in [-0.15, -0.1) is 5.10 Å². The maximum Gasteiger partial charge on any atom is 0.335 e. The molecule has 0 saturated heterocycles. The maximum atomic E-state index is 13.4. The summed E-state index contributed by atoms with van der Waals surface area (Å²) in [7, 11) is 0. The number of carboxylic acid groups (broad SMARTS) is 1. The first-order valence-electron chi connectivity index (χ1n) is 7.02. The first-order chi connectivity index (χ1) is 11.0. The number of aromatic carboxylic acids is 1. The Kier molecular flexibility index (Phi) is 3.89. The lowest BCUT2D eigenvalue weighted by atomic mass is 10.1. The Morgan fingerprint density at radius 3 is 2.61 bits per heavy atom. The molecule has 1 aromatic heterocycles. The molecule has 0 bridgehead atoms. The number of hydrogen-bond acceptors (Lipinski definition) is 3. The van der Waals surface area contributed by atoms with E-state index in [0.29, 0.717) is 12.1 Å². The summed E-state index contributed by atoms with van der Waals surface area (Å²) >= 11 is 0. The number of carboxylic acids is 1. The third kappa shape index (κ3) is 3.11. The largest absolute Gasteiger partial charge is 0.478 e. The summed E-state index contributed by atoms with van der Waals surface area (Å²) in [6.07, 6.45) is 1.62. The van der Waals surface area contributed by atoms with E-state index in [2.05, 4.69) is 10.3 Å². The van der Waals surface area contributed by atoms with E-state index in [1.165, 1.54) is 6.07 Å². The molecule has 0 fully saturated rings. The van der Waals surface area contributed by atoms with Gasteiger partial charge in [0.05, 0.1) is 24.0 Å². The first-order valence-corrected chi connectivity index (χ1v) is 7.02. The monoisotopic (exact) mass is 311 g/mol. The van der Waals surface area contributed by atoms with Gasteiger partial charge in [-0.3, -0.25) is 0 Å². The molecule has 0 amide bonds. The van der Waals surface area contributed by atoms with Crippen LogP contribution in [0.25, 0.3) is 11.3 Å². The summed E-state index contributed by atoms with van der Waals surface area (Å²) in [5.74, 6) is -1.21. The van der Waals surface area contributed by atoms with Crippen molar-refractivity contribution < 1.29 is 14.3 Å². The van der Waals surface area contributed by atoms with Gasteiger partial charge in [-0.1, -0.05) is 17.3 Å². The van der Waals surface area contributed by atoms with Crippen molar-refractivity contribution in [3.8, 4) is 11.3 Å². The van der Waals surface area contributed by atoms with Gasteiger partial charge in [0.25, 0.3) is 0 Å². The number of hydrogen-bond donors (Lipinski definition) is 1. The Hall–Kier alpha value is -3.02. The molecule has 0 saturated carbocycles. The van der Waals surface area contributed by atoms with E-state index in [0.717, 1.165) is 16.8 Å². The number of nitrogens with zero attached hydrogens (tertiary/aromatic N) is 3. The lowest BCUT2D eigenvalue weighted by molar-refractivity contribution is 0.0697. The SMILES string of the molecule is Cc1cc(-c2cnnn2Cc2ccc(C(=O)O)cc2)ccc1F. The van der Waals surface area contributed by atoms with Crippen LogP contribution >= 0.6 is 0 Å². The number of benzene rings is 2. The van der Waals surface area contributed by atoms with Gasteiger partial charge in [0.15, 0.2) is 0 Å². The van der Waals surface area contributed by atoms with Crippen LogP contribution in [0.15, 0.2) is 48.7 Å². The zero-order valence-electron chi connectivity index (χ0n) is 12.4.